The molecule has 0 atom stereocenters. The van der Waals surface area contributed by atoms with Crippen LogP contribution in [0, 0.1) is 10.1 Å². The van der Waals surface area contributed by atoms with E-state index in [9.17, 15) is 18.5 Å². The Labute approximate surface area is 127 Å². The van der Waals surface area contributed by atoms with Crippen molar-refractivity contribution in [3.63, 3.8) is 0 Å². The largest absolute Gasteiger partial charge is 0.284 e. The Morgan fingerprint density at radius 1 is 1.18 bits per heavy atom. The lowest BCUT2D eigenvalue weighted by molar-refractivity contribution is -0.384. The van der Waals surface area contributed by atoms with E-state index in [0.717, 1.165) is 41.9 Å². The van der Waals surface area contributed by atoms with Gasteiger partial charge in [-0.3, -0.25) is 10.1 Å². The fourth-order valence-corrected chi connectivity index (χ4v) is 3.65. The van der Waals surface area contributed by atoms with Crippen molar-refractivity contribution in [3.05, 3.63) is 46.5 Å². The van der Waals surface area contributed by atoms with Crippen molar-refractivity contribution in [1.82, 2.24) is 14.2 Å². The van der Waals surface area contributed by atoms with Gasteiger partial charge in [0, 0.05) is 18.1 Å². The summed E-state index contributed by atoms with van der Waals surface area (Å²) >= 11 is 0. The summed E-state index contributed by atoms with van der Waals surface area (Å²) in [6.45, 7) is 0. The Balaban J connectivity index is 1.90. The third-order valence-electron chi connectivity index (χ3n) is 3.80. The fraction of sp³-hybridized carbons (Fsp3) is 0.385. The molecule has 0 radical (unpaired) electrons. The van der Waals surface area contributed by atoms with Crippen LogP contribution in [-0.2, 0) is 10.0 Å². The molecule has 1 aromatic carbocycles. The Morgan fingerprint density at radius 3 is 2.41 bits per heavy atom. The van der Waals surface area contributed by atoms with Crippen molar-refractivity contribution in [2.24, 2.45) is 0 Å². The molecule has 1 saturated carbocycles. The van der Waals surface area contributed by atoms with E-state index in [2.05, 4.69) is 10.1 Å². The molecule has 0 aliphatic heterocycles. The summed E-state index contributed by atoms with van der Waals surface area (Å²) in [5.41, 5.74) is -0.163. The summed E-state index contributed by atoms with van der Waals surface area (Å²) in [6, 6.07) is 4.71. The normalized spacial score (nSPS) is 16.0. The van der Waals surface area contributed by atoms with E-state index in [1.165, 1.54) is 18.5 Å². The SMILES string of the molecule is O=[N+]([O-])c1ccc(S(=O)(=O)n2cnc(C3CCCC3)n2)cc1. The Morgan fingerprint density at radius 2 is 1.82 bits per heavy atom. The molecule has 1 aromatic heterocycles. The van der Waals surface area contributed by atoms with Crippen LogP contribution in [0.15, 0.2) is 35.5 Å². The molecule has 1 aliphatic carbocycles. The molecular weight excluding hydrogens is 308 g/mol. The molecule has 22 heavy (non-hydrogen) atoms. The van der Waals surface area contributed by atoms with Gasteiger partial charge in [-0.05, 0) is 25.0 Å². The van der Waals surface area contributed by atoms with E-state index in [4.69, 9.17) is 0 Å². The van der Waals surface area contributed by atoms with Crippen LogP contribution in [-0.4, -0.2) is 27.5 Å². The minimum Gasteiger partial charge on any atom is -0.258 e. The summed E-state index contributed by atoms with van der Waals surface area (Å²) in [5, 5.41) is 14.7. The highest BCUT2D eigenvalue weighted by atomic mass is 32.2. The molecular formula is C13H14N4O4S. The first-order valence-corrected chi connectivity index (χ1v) is 8.34. The van der Waals surface area contributed by atoms with E-state index < -0.39 is 14.9 Å². The minimum atomic E-state index is -3.87. The average molecular weight is 322 g/mol. The van der Waals surface area contributed by atoms with Gasteiger partial charge < -0.3 is 0 Å². The van der Waals surface area contributed by atoms with E-state index >= 15 is 0 Å². The standard InChI is InChI=1S/C13H14N4O4S/c18-17(19)11-5-7-12(8-6-11)22(20,21)16-9-14-13(15-16)10-3-1-2-4-10/h5-10H,1-4H2. The summed E-state index contributed by atoms with van der Waals surface area (Å²) in [6.07, 6.45) is 5.34. The molecule has 0 saturated heterocycles. The summed E-state index contributed by atoms with van der Waals surface area (Å²) in [5.74, 6) is 0.760. The lowest BCUT2D eigenvalue weighted by Crippen LogP contribution is -2.14. The van der Waals surface area contributed by atoms with Crippen molar-refractivity contribution in [1.29, 1.82) is 0 Å². The lowest BCUT2D eigenvalue weighted by atomic mass is 10.1. The third kappa shape index (κ3) is 2.59. The average Bonchev–Trinajstić information content (AvgIpc) is 3.18. The van der Waals surface area contributed by atoms with Crippen LogP contribution in [0.5, 0.6) is 0 Å². The first-order valence-electron chi connectivity index (χ1n) is 6.90. The van der Waals surface area contributed by atoms with Crippen LogP contribution in [0.4, 0.5) is 5.69 Å². The van der Waals surface area contributed by atoms with Gasteiger partial charge in [0.05, 0.1) is 9.82 Å². The maximum Gasteiger partial charge on any atom is 0.284 e. The molecule has 0 amide bonds. The summed E-state index contributed by atoms with van der Waals surface area (Å²) in [7, 11) is -3.87. The smallest absolute Gasteiger partial charge is 0.258 e. The van der Waals surface area contributed by atoms with Crippen LogP contribution in [0.3, 0.4) is 0 Å². The second-order valence-corrected chi connectivity index (χ2v) is 7.01. The molecule has 0 N–H and O–H groups in total. The van der Waals surface area contributed by atoms with Gasteiger partial charge in [-0.1, -0.05) is 12.8 Å². The van der Waals surface area contributed by atoms with Crippen molar-refractivity contribution >= 4 is 15.7 Å². The number of nitro benzene ring substituents is 1. The summed E-state index contributed by atoms with van der Waals surface area (Å²) < 4.78 is 25.7. The molecule has 0 spiro atoms. The molecule has 1 aliphatic rings. The highest BCUT2D eigenvalue weighted by molar-refractivity contribution is 7.89. The van der Waals surface area contributed by atoms with Crippen molar-refractivity contribution in [2.75, 3.05) is 0 Å². The number of nitro groups is 1. The molecule has 3 rings (SSSR count). The molecule has 0 unspecified atom stereocenters. The number of aromatic nitrogens is 3. The van der Waals surface area contributed by atoms with Crippen LogP contribution < -0.4 is 0 Å². The zero-order valence-corrected chi connectivity index (χ0v) is 12.4. The predicted molar refractivity (Wildman–Crippen MR) is 76.9 cm³/mol. The van der Waals surface area contributed by atoms with E-state index in [1.807, 2.05) is 0 Å². The summed E-state index contributed by atoms with van der Waals surface area (Å²) in [4.78, 5) is 14.1. The van der Waals surface area contributed by atoms with Gasteiger partial charge in [0.2, 0.25) is 0 Å². The quantitative estimate of drug-likeness (QED) is 0.630. The lowest BCUT2D eigenvalue weighted by Gasteiger charge is -2.04. The van der Waals surface area contributed by atoms with Crippen molar-refractivity contribution in [3.8, 4) is 0 Å². The van der Waals surface area contributed by atoms with Crippen molar-refractivity contribution in [2.45, 2.75) is 36.5 Å². The first-order chi connectivity index (χ1) is 10.5. The Kier molecular flexibility index (Phi) is 3.65. The number of hydrogen-bond acceptors (Lipinski definition) is 6. The zero-order chi connectivity index (χ0) is 15.7. The first kappa shape index (κ1) is 14.6. The molecule has 8 nitrogen and oxygen atoms in total. The molecule has 1 fully saturated rings. The molecule has 2 aromatic rings. The highest BCUT2D eigenvalue weighted by Gasteiger charge is 2.24. The second kappa shape index (κ2) is 5.48. The Bertz CT molecular complexity index is 792. The maximum atomic E-state index is 12.4. The number of benzene rings is 1. The topological polar surface area (TPSA) is 108 Å². The van der Waals surface area contributed by atoms with E-state index in [0.29, 0.717) is 5.82 Å². The number of nitrogens with zero attached hydrogens (tertiary/aromatic N) is 4. The van der Waals surface area contributed by atoms with E-state index in [1.54, 1.807) is 0 Å². The molecule has 1 heterocycles. The van der Waals surface area contributed by atoms with Gasteiger partial charge in [-0.15, -0.1) is 9.19 Å². The van der Waals surface area contributed by atoms with Crippen LogP contribution in [0.25, 0.3) is 0 Å². The van der Waals surface area contributed by atoms with Crippen LogP contribution in [0.1, 0.15) is 37.4 Å². The zero-order valence-electron chi connectivity index (χ0n) is 11.6. The molecule has 9 heteroatoms. The van der Waals surface area contributed by atoms with Crippen LogP contribution >= 0.6 is 0 Å². The Hall–Kier alpha value is -2.29. The van der Waals surface area contributed by atoms with Gasteiger partial charge in [-0.25, -0.2) is 4.98 Å². The van der Waals surface area contributed by atoms with Gasteiger partial charge in [0.15, 0.2) is 5.82 Å². The molecule has 0 bridgehead atoms. The van der Waals surface area contributed by atoms with Crippen LogP contribution in [0.2, 0.25) is 0 Å². The fourth-order valence-electron chi connectivity index (χ4n) is 2.60. The second-order valence-electron chi connectivity index (χ2n) is 5.21. The van der Waals surface area contributed by atoms with Gasteiger partial charge in [0.1, 0.15) is 6.33 Å². The number of hydrogen-bond donors (Lipinski definition) is 0. The minimum absolute atomic E-state index is 0.0547. The van der Waals surface area contributed by atoms with Crippen molar-refractivity contribution < 1.29 is 13.3 Å². The number of non-ortho nitro benzene ring substituents is 1. The molecule has 116 valence electrons. The predicted octanol–water partition coefficient (Wildman–Crippen LogP) is 2.08. The highest BCUT2D eigenvalue weighted by Crippen LogP contribution is 2.32. The maximum absolute atomic E-state index is 12.4. The number of rotatable bonds is 4. The monoisotopic (exact) mass is 322 g/mol. The third-order valence-corrected chi connectivity index (χ3v) is 5.34. The van der Waals surface area contributed by atoms with Gasteiger partial charge in [0.25, 0.3) is 15.7 Å². The van der Waals surface area contributed by atoms with Gasteiger partial charge in [-0.2, -0.15) is 8.42 Å². The van der Waals surface area contributed by atoms with E-state index in [-0.39, 0.29) is 16.5 Å². The van der Waals surface area contributed by atoms with Gasteiger partial charge >= 0.3 is 0 Å².